The van der Waals surface area contributed by atoms with Crippen molar-refractivity contribution in [1.29, 1.82) is 0 Å². The summed E-state index contributed by atoms with van der Waals surface area (Å²) in [6.07, 6.45) is -3.17. The van der Waals surface area contributed by atoms with Gasteiger partial charge in [-0.2, -0.15) is 13.2 Å². The Morgan fingerprint density at radius 1 is 1.16 bits per heavy atom. The van der Waals surface area contributed by atoms with E-state index in [1.54, 1.807) is 12.1 Å². The van der Waals surface area contributed by atoms with Crippen molar-refractivity contribution in [3.05, 3.63) is 64.4 Å². The lowest BCUT2D eigenvalue weighted by Gasteiger charge is -2.12. The van der Waals surface area contributed by atoms with Gasteiger partial charge in [0, 0.05) is 15.7 Å². The topological polar surface area (TPSA) is 72.7 Å². The second kappa shape index (κ2) is 6.63. The third-order valence-corrected chi connectivity index (χ3v) is 3.94. The predicted molar refractivity (Wildman–Crippen MR) is 86.3 cm³/mol. The molecule has 1 amide bonds. The van der Waals surface area contributed by atoms with Gasteiger partial charge in [0.15, 0.2) is 0 Å². The smallest absolute Gasteiger partial charge is 0.322 e. The van der Waals surface area contributed by atoms with Crippen LogP contribution < -0.4 is 5.32 Å². The molecule has 0 aliphatic carbocycles. The Morgan fingerprint density at radius 2 is 1.96 bits per heavy atom. The maximum Gasteiger partial charge on any atom is 0.417 e. The van der Waals surface area contributed by atoms with Crippen molar-refractivity contribution < 1.29 is 18.0 Å². The molecule has 0 radical (unpaired) electrons. The molecule has 0 spiro atoms. The molecule has 3 aromatic rings. The number of carbonyl (C=O) groups excluding carboxylic acids is 1. The number of nitrogens with zero attached hydrogens (tertiary/aromatic N) is 4. The number of carbonyl (C=O) groups is 1. The number of alkyl halides is 3. The second-order valence-electron chi connectivity index (χ2n) is 4.95. The number of hydrogen-bond donors (Lipinski definition) is 1. The molecule has 0 aliphatic heterocycles. The van der Waals surface area contributed by atoms with Crippen LogP contribution in [-0.2, 0) is 6.18 Å². The maximum atomic E-state index is 12.9. The summed E-state index contributed by atoms with van der Waals surface area (Å²) >= 11 is 2.85. The van der Waals surface area contributed by atoms with Crippen LogP contribution in [0, 0.1) is 0 Å². The highest BCUT2D eigenvalue weighted by atomic mass is 79.9. The average Bonchev–Trinajstić information content (AvgIpc) is 3.10. The molecule has 3 rings (SSSR count). The Labute approximate surface area is 147 Å². The summed E-state index contributed by atoms with van der Waals surface area (Å²) in [5.41, 5.74) is -0.0324. The highest BCUT2D eigenvalue weighted by molar-refractivity contribution is 9.10. The number of halogens is 4. The van der Waals surface area contributed by atoms with E-state index in [4.69, 9.17) is 0 Å². The Balaban J connectivity index is 1.85. The number of anilines is 1. The molecule has 2 aromatic carbocycles. The fourth-order valence-corrected chi connectivity index (χ4v) is 2.56. The van der Waals surface area contributed by atoms with Gasteiger partial charge in [0.1, 0.15) is 6.33 Å². The molecule has 128 valence electrons. The molecule has 1 aromatic heterocycles. The molecule has 0 saturated carbocycles. The van der Waals surface area contributed by atoms with E-state index in [2.05, 4.69) is 36.8 Å². The monoisotopic (exact) mass is 411 g/mol. The van der Waals surface area contributed by atoms with Gasteiger partial charge in [0.25, 0.3) is 5.91 Å². The van der Waals surface area contributed by atoms with Gasteiger partial charge in [-0.3, -0.25) is 4.79 Å². The fraction of sp³-hybridized carbons (Fsp3) is 0.0667. The number of rotatable bonds is 3. The van der Waals surface area contributed by atoms with Gasteiger partial charge in [0.05, 0.1) is 11.3 Å². The molecular formula is C15H9BrF3N5O. The van der Waals surface area contributed by atoms with Crippen molar-refractivity contribution >= 4 is 27.5 Å². The van der Waals surface area contributed by atoms with Crippen LogP contribution in [0.2, 0.25) is 0 Å². The first-order valence-electron chi connectivity index (χ1n) is 6.86. The Morgan fingerprint density at radius 3 is 2.64 bits per heavy atom. The summed E-state index contributed by atoms with van der Waals surface area (Å²) in [5.74, 6) is -0.551. The van der Waals surface area contributed by atoms with E-state index >= 15 is 0 Å². The highest BCUT2D eigenvalue weighted by Crippen LogP contribution is 2.36. The quantitative estimate of drug-likeness (QED) is 0.712. The molecule has 10 heteroatoms. The van der Waals surface area contributed by atoms with Crippen LogP contribution >= 0.6 is 15.9 Å². The Bertz CT molecular complexity index is 912. The van der Waals surface area contributed by atoms with Crippen molar-refractivity contribution in [2.75, 3.05) is 5.32 Å². The van der Waals surface area contributed by atoms with Gasteiger partial charge >= 0.3 is 6.18 Å². The number of hydrogen-bond acceptors (Lipinski definition) is 4. The maximum absolute atomic E-state index is 12.9. The Kier molecular flexibility index (Phi) is 4.53. The zero-order chi connectivity index (χ0) is 18.0. The van der Waals surface area contributed by atoms with E-state index in [0.29, 0.717) is 5.69 Å². The number of benzene rings is 2. The Hall–Kier alpha value is -2.75. The third kappa shape index (κ3) is 3.85. The van der Waals surface area contributed by atoms with Gasteiger partial charge in [-0.25, -0.2) is 4.68 Å². The van der Waals surface area contributed by atoms with Gasteiger partial charge in [-0.05, 0) is 46.8 Å². The second-order valence-corrected chi connectivity index (χ2v) is 5.81. The highest BCUT2D eigenvalue weighted by Gasteiger charge is 2.33. The molecule has 0 saturated heterocycles. The zero-order valence-corrected chi connectivity index (χ0v) is 13.9. The molecule has 25 heavy (non-hydrogen) atoms. The van der Waals surface area contributed by atoms with Crippen LogP contribution in [0.4, 0.5) is 18.9 Å². The van der Waals surface area contributed by atoms with Crippen LogP contribution in [0.1, 0.15) is 15.9 Å². The number of tetrazole rings is 1. The summed E-state index contributed by atoms with van der Waals surface area (Å²) in [6.45, 7) is 0. The summed E-state index contributed by atoms with van der Waals surface area (Å²) in [5, 5.41) is 13.2. The van der Waals surface area contributed by atoms with Crippen LogP contribution in [0.15, 0.2) is 53.3 Å². The summed E-state index contributed by atoms with van der Waals surface area (Å²) < 4.78 is 40.1. The SMILES string of the molecule is O=C(Nc1ccc(Br)c(C(F)(F)F)c1)c1cccc(-n2cnnn2)c1. The predicted octanol–water partition coefficient (Wildman–Crippen LogP) is 3.70. The summed E-state index contributed by atoms with van der Waals surface area (Å²) in [4.78, 5) is 12.3. The van der Waals surface area contributed by atoms with E-state index in [9.17, 15) is 18.0 Å². The van der Waals surface area contributed by atoms with Crippen LogP contribution in [0.5, 0.6) is 0 Å². The van der Waals surface area contributed by atoms with Crippen LogP contribution in [0.3, 0.4) is 0 Å². The van der Waals surface area contributed by atoms with E-state index < -0.39 is 17.6 Å². The third-order valence-electron chi connectivity index (χ3n) is 3.25. The minimum absolute atomic E-state index is 0.0355. The first-order chi connectivity index (χ1) is 11.8. The lowest BCUT2D eigenvalue weighted by molar-refractivity contribution is -0.138. The minimum atomic E-state index is -4.53. The summed E-state index contributed by atoms with van der Waals surface area (Å²) in [6, 6.07) is 9.84. The average molecular weight is 412 g/mol. The van der Waals surface area contributed by atoms with E-state index in [-0.39, 0.29) is 15.7 Å². The number of amides is 1. The largest absolute Gasteiger partial charge is 0.417 e. The normalized spacial score (nSPS) is 11.4. The van der Waals surface area contributed by atoms with Gasteiger partial charge in [-0.15, -0.1) is 5.10 Å². The van der Waals surface area contributed by atoms with Gasteiger partial charge in [-0.1, -0.05) is 22.0 Å². The molecule has 0 bridgehead atoms. The lowest BCUT2D eigenvalue weighted by Crippen LogP contribution is -2.14. The molecule has 0 aliphatic rings. The van der Waals surface area contributed by atoms with Crippen molar-refractivity contribution in [2.45, 2.75) is 6.18 Å². The molecule has 1 N–H and O–H groups in total. The molecular weight excluding hydrogens is 403 g/mol. The van der Waals surface area contributed by atoms with Gasteiger partial charge in [0.2, 0.25) is 0 Å². The van der Waals surface area contributed by atoms with E-state index in [0.717, 1.165) is 6.07 Å². The first-order valence-corrected chi connectivity index (χ1v) is 7.65. The molecule has 6 nitrogen and oxygen atoms in total. The van der Waals surface area contributed by atoms with Crippen molar-refractivity contribution in [1.82, 2.24) is 20.2 Å². The van der Waals surface area contributed by atoms with Gasteiger partial charge < -0.3 is 5.32 Å². The van der Waals surface area contributed by atoms with Crippen LogP contribution in [0.25, 0.3) is 5.69 Å². The van der Waals surface area contributed by atoms with Crippen LogP contribution in [-0.4, -0.2) is 26.1 Å². The molecule has 0 atom stereocenters. The number of nitrogens with one attached hydrogen (secondary N) is 1. The minimum Gasteiger partial charge on any atom is -0.322 e. The van der Waals surface area contributed by atoms with Crippen molar-refractivity contribution in [3.63, 3.8) is 0 Å². The van der Waals surface area contributed by atoms with Crippen molar-refractivity contribution in [3.8, 4) is 5.69 Å². The zero-order valence-electron chi connectivity index (χ0n) is 12.3. The van der Waals surface area contributed by atoms with E-state index in [1.807, 2.05) is 0 Å². The lowest BCUT2D eigenvalue weighted by atomic mass is 10.1. The molecule has 0 fully saturated rings. The number of aromatic nitrogens is 4. The van der Waals surface area contributed by atoms with E-state index in [1.165, 1.54) is 35.3 Å². The fourth-order valence-electron chi connectivity index (χ4n) is 2.09. The molecule has 1 heterocycles. The summed E-state index contributed by atoms with van der Waals surface area (Å²) in [7, 11) is 0. The molecule has 0 unspecified atom stereocenters. The van der Waals surface area contributed by atoms with Crippen molar-refractivity contribution in [2.24, 2.45) is 0 Å². The standard InChI is InChI=1S/C15H9BrF3N5O/c16-13-5-4-10(7-12(13)15(17,18)19)21-14(25)9-2-1-3-11(6-9)24-8-20-22-23-24/h1-8H,(H,21,25). The first kappa shape index (κ1) is 17.1.